The summed E-state index contributed by atoms with van der Waals surface area (Å²) >= 11 is 0. The fourth-order valence-corrected chi connectivity index (χ4v) is 5.86. The number of esters is 1. The highest BCUT2D eigenvalue weighted by Crippen LogP contribution is 2.45. The fourth-order valence-electron chi connectivity index (χ4n) is 5.86. The second-order valence-corrected chi connectivity index (χ2v) is 11.0. The van der Waals surface area contributed by atoms with Crippen molar-refractivity contribution >= 4 is 11.8 Å². The molecule has 0 bridgehead atoms. The lowest BCUT2D eigenvalue weighted by Crippen LogP contribution is -2.41. The molecule has 2 heterocycles. The van der Waals surface area contributed by atoms with E-state index in [1.54, 1.807) is 44.7 Å². The maximum atomic E-state index is 13.0. The van der Waals surface area contributed by atoms with Crippen LogP contribution >= 0.6 is 0 Å². The number of carbonyl (C=O) groups is 1. The molecule has 5 aromatic rings. The third-order valence-corrected chi connectivity index (χ3v) is 8.23. The average Bonchev–Trinajstić information content (AvgIpc) is 3.52. The summed E-state index contributed by atoms with van der Waals surface area (Å²) in [6.45, 7) is -0.123. The summed E-state index contributed by atoms with van der Waals surface area (Å²) in [6.07, 6.45) is -0.391. The van der Waals surface area contributed by atoms with Gasteiger partial charge in [0.25, 0.3) is 0 Å². The Morgan fingerprint density at radius 2 is 1.38 bits per heavy atom. The standard InChI is InChI=1S/C37H35N3O7/c1-43-29-17-13-27(14-18-29)37(26-11-7-4-8-12-26,28-15-19-30(44-2)20-16-28)47-31-23-34(40-22-21-33(38)39-36(40)42)46-32(31)24-45-35(41)25-9-5-3-6-10-25/h3-22,31-32,34H,23-24H2,1-2H3,(H2,38,39,42)/t31-,32+,34+/m0/s1. The molecule has 47 heavy (non-hydrogen) atoms. The smallest absolute Gasteiger partial charge is 0.351 e. The van der Waals surface area contributed by atoms with Crippen LogP contribution in [0, 0.1) is 0 Å². The van der Waals surface area contributed by atoms with Crippen LogP contribution in [0.3, 0.4) is 0 Å². The molecular formula is C37H35N3O7. The highest BCUT2D eigenvalue weighted by Gasteiger charge is 2.46. The van der Waals surface area contributed by atoms with Crippen LogP contribution in [0.2, 0.25) is 0 Å². The lowest BCUT2D eigenvalue weighted by atomic mass is 9.79. The number of carbonyl (C=O) groups excluding carboxylic acids is 1. The molecule has 1 aliphatic rings. The topological polar surface area (TPSA) is 124 Å². The molecule has 0 unspecified atom stereocenters. The van der Waals surface area contributed by atoms with Crippen LogP contribution in [-0.2, 0) is 19.8 Å². The van der Waals surface area contributed by atoms with Crippen LogP contribution in [0.15, 0.2) is 126 Å². The number of methoxy groups -OCH3 is 2. The quantitative estimate of drug-likeness (QED) is 0.151. The number of ether oxygens (including phenoxy) is 5. The van der Waals surface area contributed by atoms with E-state index < -0.39 is 35.7 Å². The van der Waals surface area contributed by atoms with Crippen molar-refractivity contribution in [3.63, 3.8) is 0 Å². The minimum atomic E-state index is -1.17. The molecule has 1 saturated heterocycles. The molecule has 0 saturated carbocycles. The maximum Gasteiger partial charge on any atom is 0.351 e. The van der Waals surface area contributed by atoms with E-state index in [0.29, 0.717) is 17.1 Å². The second kappa shape index (κ2) is 13.9. The third-order valence-electron chi connectivity index (χ3n) is 8.23. The van der Waals surface area contributed by atoms with E-state index >= 15 is 0 Å². The molecule has 0 amide bonds. The van der Waals surface area contributed by atoms with Crippen molar-refractivity contribution in [1.82, 2.24) is 9.55 Å². The van der Waals surface area contributed by atoms with E-state index in [9.17, 15) is 9.59 Å². The SMILES string of the molecule is COc1ccc(C(O[C@H]2C[C@H](n3ccc(N)nc3=O)O[C@@H]2COC(=O)c2ccccc2)(c2ccccc2)c2ccc(OC)cc2)cc1. The van der Waals surface area contributed by atoms with E-state index in [1.165, 1.54) is 10.6 Å². The molecule has 4 aromatic carbocycles. The van der Waals surface area contributed by atoms with E-state index in [-0.39, 0.29) is 18.8 Å². The van der Waals surface area contributed by atoms with Crippen LogP contribution in [0.5, 0.6) is 11.5 Å². The molecule has 1 aliphatic heterocycles. The molecule has 6 rings (SSSR count). The average molecular weight is 634 g/mol. The summed E-state index contributed by atoms with van der Waals surface area (Å²) < 4.78 is 31.8. The molecule has 0 aliphatic carbocycles. The summed E-state index contributed by atoms with van der Waals surface area (Å²) in [5.74, 6) is 0.987. The first-order chi connectivity index (χ1) is 22.9. The Morgan fingerprint density at radius 1 is 0.830 bits per heavy atom. The first-order valence-electron chi connectivity index (χ1n) is 15.2. The van der Waals surface area contributed by atoms with Gasteiger partial charge in [0.2, 0.25) is 0 Å². The van der Waals surface area contributed by atoms with E-state index in [4.69, 9.17) is 29.4 Å². The van der Waals surface area contributed by atoms with Gasteiger partial charge in [0.15, 0.2) is 0 Å². The van der Waals surface area contributed by atoms with Gasteiger partial charge in [0, 0.05) is 12.6 Å². The van der Waals surface area contributed by atoms with Crippen LogP contribution in [0.25, 0.3) is 0 Å². The van der Waals surface area contributed by atoms with Crippen LogP contribution < -0.4 is 20.9 Å². The number of anilines is 1. The van der Waals surface area contributed by atoms with Gasteiger partial charge in [0.1, 0.15) is 41.9 Å². The Labute approximate surface area is 272 Å². The van der Waals surface area contributed by atoms with Gasteiger partial charge in [-0.2, -0.15) is 4.98 Å². The van der Waals surface area contributed by atoms with Crippen molar-refractivity contribution in [3.8, 4) is 11.5 Å². The minimum absolute atomic E-state index is 0.104. The van der Waals surface area contributed by atoms with E-state index in [1.807, 2.05) is 84.9 Å². The number of benzene rings is 4. The Kier molecular flexibility index (Phi) is 9.32. The molecular weight excluding hydrogens is 598 g/mol. The Balaban J connectivity index is 1.45. The lowest BCUT2D eigenvalue weighted by Gasteiger charge is -2.39. The Morgan fingerprint density at radius 3 is 1.94 bits per heavy atom. The van der Waals surface area contributed by atoms with Crippen molar-refractivity contribution in [3.05, 3.63) is 154 Å². The van der Waals surface area contributed by atoms with Gasteiger partial charge in [-0.25, -0.2) is 9.59 Å². The van der Waals surface area contributed by atoms with Gasteiger partial charge in [0.05, 0.1) is 25.9 Å². The molecule has 10 heteroatoms. The predicted octanol–water partition coefficient (Wildman–Crippen LogP) is 5.36. The molecule has 0 spiro atoms. The van der Waals surface area contributed by atoms with Gasteiger partial charge < -0.3 is 29.4 Å². The molecule has 0 radical (unpaired) electrons. The molecule has 2 N–H and O–H groups in total. The second-order valence-electron chi connectivity index (χ2n) is 11.0. The van der Waals surface area contributed by atoms with Crippen molar-refractivity contribution < 1.29 is 28.5 Å². The first-order valence-corrected chi connectivity index (χ1v) is 15.2. The molecule has 1 fully saturated rings. The number of aromatic nitrogens is 2. The summed E-state index contributed by atoms with van der Waals surface area (Å²) in [7, 11) is 3.23. The van der Waals surface area contributed by atoms with Crippen LogP contribution in [0.1, 0.15) is 39.7 Å². The zero-order valence-electron chi connectivity index (χ0n) is 26.0. The third kappa shape index (κ3) is 6.60. The zero-order valence-corrected chi connectivity index (χ0v) is 26.0. The summed E-state index contributed by atoms with van der Waals surface area (Å²) in [6, 6.07) is 35.5. The summed E-state index contributed by atoms with van der Waals surface area (Å²) in [5, 5.41) is 0. The normalized spacial score (nSPS) is 17.6. The highest BCUT2D eigenvalue weighted by molar-refractivity contribution is 5.89. The van der Waals surface area contributed by atoms with Gasteiger partial charge in [-0.05, 0) is 59.2 Å². The first kappa shape index (κ1) is 31.5. The fraction of sp³-hybridized carbons (Fsp3) is 0.216. The van der Waals surface area contributed by atoms with E-state index in [0.717, 1.165) is 16.7 Å². The molecule has 240 valence electrons. The molecule has 10 nitrogen and oxygen atoms in total. The maximum absolute atomic E-state index is 13.0. The number of nitrogens with zero attached hydrogens (tertiary/aromatic N) is 2. The van der Waals surface area contributed by atoms with Gasteiger partial charge in [-0.15, -0.1) is 0 Å². The van der Waals surface area contributed by atoms with Crippen molar-refractivity contribution in [2.75, 3.05) is 26.6 Å². The zero-order chi connectivity index (χ0) is 32.8. The number of rotatable bonds is 11. The number of hydrogen-bond acceptors (Lipinski definition) is 9. The Hall–Kier alpha value is -5.45. The molecule has 1 aromatic heterocycles. The van der Waals surface area contributed by atoms with Gasteiger partial charge in [-0.3, -0.25) is 4.57 Å². The number of nitrogens with two attached hydrogens (primary N) is 1. The summed E-state index contributed by atoms with van der Waals surface area (Å²) in [4.78, 5) is 29.8. The van der Waals surface area contributed by atoms with Gasteiger partial charge in [-0.1, -0.05) is 72.8 Å². The minimum Gasteiger partial charge on any atom is -0.497 e. The van der Waals surface area contributed by atoms with Crippen molar-refractivity contribution in [2.45, 2.75) is 30.5 Å². The van der Waals surface area contributed by atoms with Crippen molar-refractivity contribution in [1.29, 1.82) is 0 Å². The highest BCUT2D eigenvalue weighted by atomic mass is 16.6. The summed E-state index contributed by atoms with van der Waals surface area (Å²) in [5.41, 5.74) is 6.95. The largest absolute Gasteiger partial charge is 0.497 e. The monoisotopic (exact) mass is 633 g/mol. The lowest BCUT2D eigenvalue weighted by molar-refractivity contribution is -0.102. The number of hydrogen-bond donors (Lipinski definition) is 1. The predicted molar refractivity (Wildman–Crippen MR) is 175 cm³/mol. The van der Waals surface area contributed by atoms with E-state index in [2.05, 4.69) is 4.98 Å². The van der Waals surface area contributed by atoms with Crippen LogP contribution in [0.4, 0.5) is 5.82 Å². The van der Waals surface area contributed by atoms with Crippen LogP contribution in [-0.4, -0.2) is 48.6 Å². The number of nitrogen functional groups attached to an aromatic ring is 1. The Bertz CT molecular complexity index is 1800. The van der Waals surface area contributed by atoms with Gasteiger partial charge >= 0.3 is 11.7 Å². The van der Waals surface area contributed by atoms with Crippen molar-refractivity contribution in [2.24, 2.45) is 0 Å². The molecule has 3 atom stereocenters.